The fraction of sp³-hybridized carbons (Fsp3) is 0.118. The summed E-state index contributed by atoms with van der Waals surface area (Å²) in [6.07, 6.45) is 0.426. The predicted octanol–water partition coefficient (Wildman–Crippen LogP) is 4.88. The molecular weight excluding hydrogens is 337 g/mol. The van der Waals surface area contributed by atoms with Crippen LogP contribution < -0.4 is 5.32 Å². The quantitative estimate of drug-likeness (QED) is 0.812. The number of hydrogen-bond donors (Lipinski definition) is 2. The summed E-state index contributed by atoms with van der Waals surface area (Å²) in [6, 6.07) is 10.7. The summed E-state index contributed by atoms with van der Waals surface area (Å²) in [7, 11) is 0. The van der Waals surface area contributed by atoms with E-state index in [1.54, 1.807) is 23.9 Å². The Kier molecular flexibility index (Phi) is 4.59. The first-order valence-electron chi connectivity index (χ1n) is 6.96. The Morgan fingerprint density at radius 2 is 1.96 bits per heavy atom. The van der Waals surface area contributed by atoms with Crippen LogP contribution in [0.5, 0.6) is 0 Å². The molecule has 0 radical (unpaired) electrons. The molecule has 2 aromatic rings. The topological polar surface area (TPSA) is 49.3 Å². The fourth-order valence-electron chi connectivity index (χ4n) is 2.32. The van der Waals surface area contributed by atoms with Crippen molar-refractivity contribution >= 4 is 40.7 Å². The summed E-state index contributed by atoms with van der Waals surface area (Å²) in [4.78, 5) is 13.3. The van der Waals surface area contributed by atoms with Crippen LogP contribution in [0.25, 0.3) is 5.76 Å². The third-order valence-corrected chi connectivity index (χ3v) is 4.78. The number of aliphatic hydroxyl groups excluding tert-OH is 1. The molecule has 0 spiro atoms. The second-order valence-electron chi connectivity index (χ2n) is 5.03. The van der Waals surface area contributed by atoms with Crippen molar-refractivity contribution < 1.29 is 14.3 Å². The molecule has 0 bridgehead atoms. The number of carbonyl (C=O) groups is 1. The van der Waals surface area contributed by atoms with Gasteiger partial charge in [-0.1, -0.05) is 11.6 Å². The lowest BCUT2D eigenvalue weighted by Crippen LogP contribution is -2.16. The van der Waals surface area contributed by atoms with E-state index in [2.05, 4.69) is 5.32 Å². The van der Waals surface area contributed by atoms with Crippen LogP contribution in [0, 0.1) is 5.82 Å². The normalized spacial score (nSPS) is 14.2. The van der Waals surface area contributed by atoms with Crippen molar-refractivity contribution in [2.24, 2.45) is 0 Å². The van der Waals surface area contributed by atoms with Crippen molar-refractivity contribution in [3.8, 4) is 0 Å². The van der Waals surface area contributed by atoms with Gasteiger partial charge in [0.15, 0.2) is 0 Å². The van der Waals surface area contributed by atoms with Gasteiger partial charge in [-0.25, -0.2) is 4.39 Å². The molecule has 1 heterocycles. The van der Waals surface area contributed by atoms with E-state index < -0.39 is 5.91 Å². The summed E-state index contributed by atoms with van der Waals surface area (Å²) < 4.78 is 12.9. The van der Waals surface area contributed by atoms with Crippen molar-refractivity contribution in [1.82, 2.24) is 0 Å². The number of hydrogen-bond acceptors (Lipinski definition) is 3. The molecule has 0 aromatic heterocycles. The van der Waals surface area contributed by atoms with Crippen LogP contribution in [0.1, 0.15) is 12.0 Å². The number of nitrogens with one attached hydrogen (secondary N) is 1. The van der Waals surface area contributed by atoms with Gasteiger partial charge in [0.25, 0.3) is 5.91 Å². The molecule has 23 heavy (non-hydrogen) atoms. The van der Waals surface area contributed by atoms with Gasteiger partial charge in [0, 0.05) is 26.9 Å². The average Bonchev–Trinajstić information content (AvgIpc) is 2.69. The van der Waals surface area contributed by atoms with Gasteiger partial charge in [-0.05, 0) is 48.9 Å². The van der Waals surface area contributed by atoms with Crippen molar-refractivity contribution in [3.63, 3.8) is 0 Å². The van der Waals surface area contributed by atoms with Gasteiger partial charge >= 0.3 is 0 Å². The molecule has 0 atom stereocenters. The van der Waals surface area contributed by atoms with Gasteiger partial charge in [0.2, 0.25) is 0 Å². The fourth-order valence-corrected chi connectivity index (χ4v) is 3.49. The SMILES string of the molecule is O=C(Nc1ccc(F)cc1)C1=C(O)c2cc(Cl)ccc2SCC1. The molecule has 0 unspecified atom stereocenters. The molecule has 6 heteroatoms. The highest BCUT2D eigenvalue weighted by molar-refractivity contribution is 7.99. The minimum atomic E-state index is -0.400. The number of halogens is 2. The molecule has 2 N–H and O–H groups in total. The van der Waals surface area contributed by atoms with Gasteiger partial charge in [0.1, 0.15) is 11.6 Å². The Bertz CT molecular complexity index is 790. The maximum absolute atomic E-state index is 12.9. The molecule has 0 aliphatic carbocycles. The van der Waals surface area contributed by atoms with Gasteiger partial charge in [0.05, 0.1) is 5.57 Å². The van der Waals surface area contributed by atoms with E-state index in [0.717, 1.165) is 4.90 Å². The molecule has 1 amide bonds. The maximum Gasteiger partial charge on any atom is 0.255 e. The first-order chi connectivity index (χ1) is 11.0. The minimum absolute atomic E-state index is 0.0629. The molecule has 118 valence electrons. The van der Waals surface area contributed by atoms with Crippen LogP contribution >= 0.6 is 23.4 Å². The molecule has 1 aliphatic rings. The largest absolute Gasteiger partial charge is 0.507 e. The number of aliphatic hydroxyl groups is 1. The van der Waals surface area contributed by atoms with Gasteiger partial charge in [-0.3, -0.25) is 4.79 Å². The standard InChI is InChI=1S/C17H13ClFNO2S/c18-10-1-6-15-14(9-10)16(21)13(7-8-23-15)17(22)20-12-4-2-11(19)3-5-12/h1-6,9,21H,7-8H2,(H,20,22). The lowest BCUT2D eigenvalue weighted by atomic mass is 10.1. The van der Waals surface area contributed by atoms with E-state index in [1.165, 1.54) is 24.3 Å². The summed E-state index contributed by atoms with van der Waals surface area (Å²) in [5.41, 5.74) is 1.33. The van der Waals surface area contributed by atoms with Gasteiger partial charge in [-0.15, -0.1) is 11.8 Å². The molecule has 0 saturated heterocycles. The van der Waals surface area contributed by atoms with Gasteiger partial charge in [-0.2, -0.15) is 0 Å². The third kappa shape index (κ3) is 3.51. The Morgan fingerprint density at radius 3 is 2.70 bits per heavy atom. The number of thioether (sulfide) groups is 1. The summed E-state index contributed by atoms with van der Waals surface area (Å²) in [6.45, 7) is 0. The Balaban J connectivity index is 1.92. The zero-order valence-electron chi connectivity index (χ0n) is 12.0. The number of fused-ring (bicyclic) bond motifs is 1. The highest BCUT2D eigenvalue weighted by Crippen LogP contribution is 2.36. The average molecular weight is 350 g/mol. The van der Waals surface area contributed by atoms with Crippen molar-refractivity contribution in [2.45, 2.75) is 11.3 Å². The highest BCUT2D eigenvalue weighted by Gasteiger charge is 2.22. The first-order valence-corrected chi connectivity index (χ1v) is 8.33. The van der Waals surface area contributed by atoms with Crippen LogP contribution in [-0.4, -0.2) is 16.8 Å². The van der Waals surface area contributed by atoms with Gasteiger partial charge < -0.3 is 10.4 Å². The van der Waals surface area contributed by atoms with E-state index in [9.17, 15) is 14.3 Å². The summed E-state index contributed by atoms with van der Waals surface area (Å²) in [5, 5.41) is 13.7. The van der Waals surface area contributed by atoms with E-state index in [1.807, 2.05) is 6.07 Å². The minimum Gasteiger partial charge on any atom is -0.507 e. The van der Waals surface area contributed by atoms with E-state index >= 15 is 0 Å². The highest BCUT2D eigenvalue weighted by atomic mass is 35.5. The van der Waals surface area contributed by atoms with E-state index in [4.69, 9.17) is 11.6 Å². The predicted molar refractivity (Wildman–Crippen MR) is 91.4 cm³/mol. The zero-order valence-corrected chi connectivity index (χ0v) is 13.5. The lowest BCUT2D eigenvalue weighted by molar-refractivity contribution is -0.113. The smallest absolute Gasteiger partial charge is 0.255 e. The first kappa shape index (κ1) is 15.9. The summed E-state index contributed by atoms with van der Waals surface area (Å²) in [5.74, 6) is -0.167. The van der Waals surface area contributed by atoms with Crippen molar-refractivity contribution in [2.75, 3.05) is 11.1 Å². The van der Waals surface area contributed by atoms with Crippen LogP contribution in [0.2, 0.25) is 5.02 Å². The number of carbonyl (C=O) groups excluding carboxylic acids is 1. The van der Waals surface area contributed by atoms with E-state index in [0.29, 0.717) is 34.0 Å². The van der Waals surface area contributed by atoms with E-state index in [-0.39, 0.29) is 11.6 Å². The number of amides is 1. The number of benzene rings is 2. The Hall–Kier alpha value is -1.98. The molecule has 0 saturated carbocycles. The Morgan fingerprint density at radius 1 is 1.22 bits per heavy atom. The maximum atomic E-state index is 12.9. The molecule has 1 aliphatic heterocycles. The third-order valence-electron chi connectivity index (χ3n) is 3.47. The number of rotatable bonds is 2. The van der Waals surface area contributed by atoms with Crippen molar-refractivity contribution in [1.29, 1.82) is 0 Å². The molecule has 0 fully saturated rings. The van der Waals surface area contributed by atoms with Crippen LogP contribution in [0.15, 0.2) is 52.9 Å². The molecule has 3 nitrogen and oxygen atoms in total. The van der Waals surface area contributed by atoms with Crippen molar-refractivity contribution in [3.05, 3.63) is 64.4 Å². The second kappa shape index (κ2) is 6.64. The zero-order chi connectivity index (χ0) is 16.4. The monoisotopic (exact) mass is 349 g/mol. The molecular formula is C17H13ClFNO2S. The van der Waals surface area contributed by atoms with Crippen LogP contribution in [0.3, 0.4) is 0 Å². The second-order valence-corrected chi connectivity index (χ2v) is 6.60. The molecule has 3 rings (SSSR count). The number of anilines is 1. The molecule has 2 aromatic carbocycles. The summed E-state index contributed by atoms with van der Waals surface area (Å²) >= 11 is 7.55. The van der Waals surface area contributed by atoms with Crippen LogP contribution in [0.4, 0.5) is 10.1 Å². The lowest BCUT2D eigenvalue weighted by Gasteiger charge is -2.10. The van der Waals surface area contributed by atoms with Crippen LogP contribution in [-0.2, 0) is 4.79 Å². The Labute approximate surface area is 142 Å².